The molecule has 23 heavy (non-hydrogen) atoms. The summed E-state index contributed by atoms with van der Waals surface area (Å²) < 4.78 is 0. The summed E-state index contributed by atoms with van der Waals surface area (Å²) in [5.41, 5.74) is 0.421. The molecule has 1 aliphatic rings. The number of carbonyl (C=O) groups excluding carboxylic acids is 3. The highest BCUT2D eigenvalue weighted by Gasteiger charge is 2.24. The number of phenols is 1. The van der Waals surface area contributed by atoms with Crippen LogP contribution in [0.25, 0.3) is 0 Å². The molecule has 1 fully saturated rings. The standard InChI is InChI=1S/C17H22N2O4/c1-12(20)5-6-16(22)19-9-7-14(8-10-19)18-17(23)13-3-2-4-15(21)11-13/h2-4,11,14,21H,5-10H2,1H3,(H,18,23). The second-order valence-corrected chi connectivity index (χ2v) is 5.88. The lowest BCUT2D eigenvalue weighted by atomic mass is 10.0. The number of hydrogen-bond donors (Lipinski definition) is 2. The SMILES string of the molecule is CC(=O)CCC(=O)N1CCC(NC(=O)c2cccc(O)c2)CC1. The molecule has 0 aromatic heterocycles. The first-order valence-corrected chi connectivity index (χ1v) is 7.83. The molecule has 1 saturated heterocycles. The van der Waals surface area contributed by atoms with Crippen molar-refractivity contribution in [2.24, 2.45) is 0 Å². The molecule has 2 amide bonds. The Hall–Kier alpha value is -2.37. The Kier molecular flexibility index (Phi) is 5.73. The van der Waals surface area contributed by atoms with Crippen LogP contribution >= 0.6 is 0 Å². The summed E-state index contributed by atoms with van der Waals surface area (Å²) in [7, 11) is 0. The molecular weight excluding hydrogens is 296 g/mol. The van der Waals surface area contributed by atoms with Gasteiger partial charge in [-0.25, -0.2) is 0 Å². The number of nitrogens with zero attached hydrogens (tertiary/aromatic N) is 1. The van der Waals surface area contributed by atoms with Gasteiger partial charge in [0.25, 0.3) is 5.91 Å². The molecule has 0 spiro atoms. The van der Waals surface area contributed by atoms with E-state index in [0.717, 1.165) is 0 Å². The van der Waals surface area contributed by atoms with Gasteiger partial charge in [-0.05, 0) is 38.0 Å². The first-order valence-electron chi connectivity index (χ1n) is 7.83. The average Bonchev–Trinajstić information content (AvgIpc) is 2.53. The second-order valence-electron chi connectivity index (χ2n) is 5.88. The fourth-order valence-electron chi connectivity index (χ4n) is 2.63. The van der Waals surface area contributed by atoms with Crippen LogP contribution in [0.4, 0.5) is 0 Å². The maximum atomic E-state index is 12.1. The minimum atomic E-state index is -0.220. The van der Waals surface area contributed by atoms with Gasteiger partial charge in [-0.2, -0.15) is 0 Å². The molecule has 0 radical (unpaired) electrons. The lowest BCUT2D eigenvalue weighted by molar-refractivity contribution is -0.133. The van der Waals surface area contributed by atoms with Crippen LogP contribution in [0.1, 0.15) is 43.0 Å². The number of benzene rings is 1. The molecular formula is C17H22N2O4. The number of rotatable bonds is 5. The van der Waals surface area contributed by atoms with Crippen LogP contribution in [0, 0.1) is 0 Å². The Morgan fingerprint density at radius 2 is 1.91 bits per heavy atom. The van der Waals surface area contributed by atoms with Gasteiger partial charge in [-0.15, -0.1) is 0 Å². The summed E-state index contributed by atoms with van der Waals surface area (Å²) in [5.74, 6) is -0.143. The van der Waals surface area contributed by atoms with Gasteiger partial charge in [0.2, 0.25) is 5.91 Å². The summed E-state index contributed by atoms with van der Waals surface area (Å²) in [6, 6.07) is 6.23. The second kappa shape index (κ2) is 7.76. The molecule has 0 atom stereocenters. The van der Waals surface area contributed by atoms with E-state index < -0.39 is 0 Å². The molecule has 2 rings (SSSR count). The van der Waals surface area contributed by atoms with Crippen molar-refractivity contribution in [3.05, 3.63) is 29.8 Å². The van der Waals surface area contributed by atoms with Gasteiger partial charge in [0.1, 0.15) is 11.5 Å². The van der Waals surface area contributed by atoms with Gasteiger partial charge in [-0.1, -0.05) is 6.07 Å². The number of carbonyl (C=O) groups is 3. The number of Topliss-reactive ketones (excluding diaryl/α,β-unsaturated/α-hetero) is 1. The number of piperidine rings is 1. The van der Waals surface area contributed by atoms with E-state index in [1.54, 1.807) is 17.0 Å². The van der Waals surface area contributed by atoms with Crippen LogP contribution in [-0.4, -0.2) is 46.7 Å². The molecule has 2 N–H and O–H groups in total. The number of ketones is 1. The molecule has 124 valence electrons. The van der Waals surface area contributed by atoms with E-state index in [1.165, 1.54) is 19.1 Å². The van der Waals surface area contributed by atoms with Crippen LogP contribution < -0.4 is 5.32 Å². The topological polar surface area (TPSA) is 86.7 Å². The fraction of sp³-hybridized carbons (Fsp3) is 0.471. The van der Waals surface area contributed by atoms with Gasteiger partial charge in [0.15, 0.2) is 0 Å². The predicted octanol–water partition coefficient (Wildman–Crippen LogP) is 1.48. The third-order valence-corrected chi connectivity index (χ3v) is 3.98. The van der Waals surface area contributed by atoms with Gasteiger partial charge >= 0.3 is 0 Å². The number of nitrogens with one attached hydrogen (secondary N) is 1. The highest BCUT2D eigenvalue weighted by molar-refractivity contribution is 5.94. The Morgan fingerprint density at radius 3 is 2.52 bits per heavy atom. The van der Waals surface area contributed by atoms with E-state index in [-0.39, 0.29) is 42.2 Å². The zero-order chi connectivity index (χ0) is 16.8. The van der Waals surface area contributed by atoms with E-state index in [9.17, 15) is 19.5 Å². The summed E-state index contributed by atoms with van der Waals surface area (Å²) in [6.07, 6.45) is 1.93. The first-order chi connectivity index (χ1) is 11.0. The van der Waals surface area contributed by atoms with E-state index in [4.69, 9.17) is 0 Å². The minimum Gasteiger partial charge on any atom is -0.508 e. The largest absolute Gasteiger partial charge is 0.508 e. The molecule has 0 unspecified atom stereocenters. The normalized spacial score (nSPS) is 15.3. The number of phenolic OH excluding ortho intramolecular Hbond substituents is 1. The molecule has 6 heteroatoms. The van der Waals surface area contributed by atoms with Gasteiger partial charge in [-0.3, -0.25) is 9.59 Å². The highest BCUT2D eigenvalue weighted by Crippen LogP contribution is 2.15. The average molecular weight is 318 g/mol. The summed E-state index contributed by atoms with van der Waals surface area (Å²) in [5, 5.41) is 12.3. The molecule has 0 bridgehead atoms. The van der Waals surface area contributed by atoms with Crippen LogP contribution in [0.3, 0.4) is 0 Å². The van der Waals surface area contributed by atoms with Crippen molar-refractivity contribution in [2.75, 3.05) is 13.1 Å². The summed E-state index contributed by atoms with van der Waals surface area (Å²) >= 11 is 0. The van der Waals surface area contributed by atoms with E-state index in [2.05, 4.69) is 5.32 Å². The zero-order valence-electron chi connectivity index (χ0n) is 13.2. The van der Waals surface area contributed by atoms with Gasteiger partial charge < -0.3 is 20.1 Å². The third kappa shape index (κ3) is 5.09. The lowest BCUT2D eigenvalue weighted by Gasteiger charge is -2.32. The van der Waals surface area contributed by atoms with Gasteiger partial charge in [0, 0.05) is 37.5 Å². The van der Waals surface area contributed by atoms with Crippen molar-refractivity contribution in [2.45, 2.75) is 38.6 Å². The Morgan fingerprint density at radius 1 is 1.22 bits per heavy atom. The third-order valence-electron chi connectivity index (χ3n) is 3.98. The monoisotopic (exact) mass is 318 g/mol. The highest BCUT2D eigenvalue weighted by atomic mass is 16.3. The van der Waals surface area contributed by atoms with Crippen molar-refractivity contribution >= 4 is 17.6 Å². The van der Waals surface area contributed by atoms with Crippen LogP contribution in [0.15, 0.2) is 24.3 Å². The molecule has 1 aromatic rings. The lowest BCUT2D eigenvalue weighted by Crippen LogP contribution is -2.46. The number of hydrogen-bond acceptors (Lipinski definition) is 4. The van der Waals surface area contributed by atoms with Crippen molar-refractivity contribution in [1.82, 2.24) is 10.2 Å². The summed E-state index contributed by atoms with van der Waals surface area (Å²) in [6.45, 7) is 2.65. The molecule has 1 aromatic carbocycles. The quantitative estimate of drug-likeness (QED) is 0.861. The number of aromatic hydroxyl groups is 1. The van der Waals surface area contributed by atoms with E-state index >= 15 is 0 Å². The fourth-order valence-corrected chi connectivity index (χ4v) is 2.63. The molecule has 0 saturated carbocycles. The van der Waals surface area contributed by atoms with Crippen molar-refractivity contribution in [1.29, 1.82) is 0 Å². The maximum Gasteiger partial charge on any atom is 0.251 e. The van der Waals surface area contributed by atoms with Crippen molar-refractivity contribution < 1.29 is 19.5 Å². The van der Waals surface area contributed by atoms with Crippen LogP contribution in [-0.2, 0) is 9.59 Å². The Labute approximate surface area is 135 Å². The first kappa shape index (κ1) is 17.0. The summed E-state index contributed by atoms with van der Waals surface area (Å²) in [4.78, 5) is 36.7. The number of amides is 2. The van der Waals surface area contributed by atoms with Crippen molar-refractivity contribution in [3.8, 4) is 5.75 Å². The van der Waals surface area contributed by atoms with Gasteiger partial charge in [0.05, 0.1) is 0 Å². The molecule has 0 aliphatic carbocycles. The zero-order valence-corrected chi connectivity index (χ0v) is 13.2. The molecule has 1 heterocycles. The maximum absolute atomic E-state index is 12.1. The smallest absolute Gasteiger partial charge is 0.251 e. The number of likely N-dealkylation sites (tertiary alicyclic amines) is 1. The van der Waals surface area contributed by atoms with E-state index in [0.29, 0.717) is 31.5 Å². The van der Waals surface area contributed by atoms with Crippen LogP contribution in [0.2, 0.25) is 0 Å². The molecule has 6 nitrogen and oxygen atoms in total. The van der Waals surface area contributed by atoms with E-state index in [1.807, 2.05) is 0 Å². The predicted molar refractivity (Wildman–Crippen MR) is 85.1 cm³/mol. The Bertz CT molecular complexity index is 592. The minimum absolute atomic E-state index is 0.00189. The van der Waals surface area contributed by atoms with Crippen LogP contribution in [0.5, 0.6) is 5.75 Å². The van der Waals surface area contributed by atoms with Crippen molar-refractivity contribution in [3.63, 3.8) is 0 Å². The molecule has 1 aliphatic heterocycles. The Balaban J connectivity index is 1.79.